The Morgan fingerprint density at radius 1 is 1.26 bits per heavy atom. The Bertz CT molecular complexity index is 396. The number of hydrogen-bond donors (Lipinski definition) is 1. The van der Waals surface area contributed by atoms with E-state index in [1.165, 1.54) is 6.07 Å². The van der Waals surface area contributed by atoms with Crippen LogP contribution in [-0.4, -0.2) is 19.8 Å². The molecule has 0 spiro atoms. The first-order chi connectivity index (χ1) is 8.95. The number of anilines is 1. The fourth-order valence-electron chi connectivity index (χ4n) is 1.44. The zero-order valence-corrected chi connectivity index (χ0v) is 12.3. The van der Waals surface area contributed by atoms with Gasteiger partial charge in [0.25, 0.3) is 0 Å². The van der Waals surface area contributed by atoms with Crippen LogP contribution in [0.2, 0.25) is 0 Å². The van der Waals surface area contributed by atoms with Crippen LogP contribution in [0.15, 0.2) is 22.7 Å². The van der Waals surface area contributed by atoms with Gasteiger partial charge in [0, 0.05) is 23.3 Å². The molecule has 0 aliphatic rings. The van der Waals surface area contributed by atoms with Crippen LogP contribution >= 0.6 is 15.9 Å². The Kier molecular flexibility index (Phi) is 6.65. The van der Waals surface area contributed by atoms with Gasteiger partial charge in [0.1, 0.15) is 0 Å². The molecule has 0 unspecified atom stereocenters. The zero-order valence-electron chi connectivity index (χ0n) is 10.7. The molecular formula is C13H17BrF3NO. The smallest absolute Gasteiger partial charge is 0.382 e. The normalized spacial score (nSPS) is 11.6. The number of nitrogens with one attached hydrogen (secondary N) is 1. The quantitative estimate of drug-likeness (QED) is 0.727. The lowest BCUT2D eigenvalue weighted by atomic mass is 10.2. The minimum atomic E-state index is -4.32. The first-order valence-electron chi connectivity index (χ1n) is 6.13. The topological polar surface area (TPSA) is 21.3 Å². The summed E-state index contributed by atoms with van der Waals surface area (Å²) in [6.07, 6.45) is -2.27. The largest absolute Gasteiger partial charge is 0.416 e. The predicted octanol–water partition coefficient (Wildman–Crippen LogP) is 4.70. The summed E-state index contributed by atoms with van der Waals surface area (Å²) in [6, 6.07) is 3.53. The van der Waals surface area contributed by atoms with Crippen molar-refractivity contribution >= 4 is 21.6 Å². The maximum Gasteiger partial charge on any atom is 0.416 e. The van der Waals surface area contributed by atoms with Crippen LogP contribution < -0.4 is 5.32 Å². The second-order valence-electron chi connectivity index (χ2n) is 4.09. The molecule has 0 amide bonds. The second kappa shape index (κ2) is 7.75. The number of alkyl halides is 3. The average molecular weight is 340 g/mol. The van der Waals surface area contributed by atoms with Gasteiger partial charge in [0.15, 0.2) is 0 Å². The molecule has 0 aromatic heterocycles. The van der Waals surface area contributed by atoms with Gasteiger partial charge in [-0.3, -0.25) is 0 Å². The van der Waals surface area contributed by atoms with Gasteiger partial charge in [0.05, 0.1) is 12.2 Å². The summed E-state index contributed by atoms with van der Waals surface area (Å²) in [6.45, 7) is 3.70. The van der Waals surface area contributed by atoms with E-state index in [1.807, 2.05) is 0 Å². The summed E-state index contributed by atoms with van der Waals surface area (Å²) in [7, 11) is 0. The van der Waals surface area contributed by atoms with Crippen LogP contribution in [0.5, 0.6) is 0 Å². The highest BCUT2D eigenvalue weighted by atomic mass is 79.9. The lowest BCUT2D eigenvalue weighted by Crippen LogP contribution is -2.12. The summed E-state index contributed by atoms with van der Waals surface area (Å²) < 4.78 is 43.6. The fraction of sp³-hybridized carbons (Fsp3) is 0.538. The van der Waals surface area contributed by atoms with E-state index in [0.717, 1.165) is 25.0 Å². The van der Waals surface area contributed by atoms with Gasteiger partial charge < -0.3 is 10.1 Å². The van der Waals surface area contributed by atoms with Crippen molar-refractivity contribution in [2.45, 2.75) is 25.9 Å². The molecule has 108 valence electrons. The van der Waals surface area contributed by atoms with Gasteiger partial charge in [-0.2, -0.15) is 13.2 Å². The van der Waals surface area contributed by atoms with E-state index in [-0.39, 0.29) is 0 Å². The van der Waals surface area contributed by atoms with Gasteiger partial charge in [-0.15, -0.1) is 0 Å². The molecule has 1 N–H and O–H groups in total. The summed E-state index contributed by atoms with van der Waals surface area (Å²) in [5.41, 5.74) is -0.237. The minimum absolute atomic E-state index is 0.425. The molecule has 0 atom stereocenters. The van der Waals surface area contributed by atoms with Gasteiger partial charge in [0.2, 0.25) is 0 Å². The lowest BCUT2D eigenvalue weighted by Gasteiger charge is -2.12. The molecule has 0 fully saturated rings. The zero-order chi connectivity index (χ0) is 14.3. The van der Waals surface area contributed by atoms with E-state index in [0.29, 0.717) is 29.9 Å². The maximum absolute atomic E-state index is 12.6. The number of unbranched alkanes of at least 4 members (excludes halogenated alkanes) is 1. The molecule has 0 saturated carbocycles. The fourth-order valence-corrected chi connectivity index (χ4v) is 1.83. The van der Waals surface area contributed by atoms with Crippen molar-refractivity contribution in [3.63, 3.8) is 0 Å². The molecular weight excluding hydrogens is 323 g/mol. The molecule has 1 rings (SSSR count). The molecule has 0 aliphatic heterocycles. The van der Waals surface area contributed by atoms with Crippen molar-refractivity contribution in [1.82, 2.24) is 0 Å². The van der Waals surface area contributed by atoms with Gasteiger partial charge in [-0.1, -0.05) is 13.3 Å². The molecule has 0 bridgehead atoms. The number of ether oxygens (including phenoxy) is 1. The number of benzene rings is 1. The van der Waals surface area contributed by atoms with Gasteiger partial charge in [-0.25, -0.2) is 0 Å². The molecule has 0 aliphatic carbocycles. The Balaban J connectivity index is 2.49. The molecule has 19 heavy (non-hydrogen) atoms. The van der Waals surface area contributed by atoms with E-state index in [9.17, 15) is 13.2 Å². The van der Waals surface area contributed by atoms with Crippen molar-refractivity contribution in [2.24, 2.45) is 0 Å². The molecule has 0 radical (unpaired) electrons. The van der Waals surface area contributed by atoms with Crippen molar-refractivity contribution < 1.29 is 17.9 Å². The maximum atomic E-state index is 12.6. The van der Waals surface area contributed by atoms with Crippen LogP contribution in [-0.2, 0) is 10.9 Å². The third kappa shape index (κ3) is 5.82. The van der Waals surface area contributed by atoms with Crippen LogP contribution in [0.4, 0.5) is 18.9 Å². The van der Waals surface area contributed by atoms with E-state index < -0.39 is 11.7 Å². The Hall–Kier alpha value is -0.750. The predicted molar refractivity (Wildman–Crippen MR) is 73.4 cm³/mol. The first-order valence-corrected chi connectivity index (χ1v) is 6.92. The van der Waals surface area contributed by atoms with Crippen LogP contribution in [0.1, 0.15) is 25.3 Å². The number of rotatable bonds is 7. The highest BCUT2D eigenvalue weighted by Gasteiger charge is 2.30. The molecule has 0 saturated heterocycles. The third-order valence-corrected chi connectivity index (χ3v) is 3.19. The summed E-state index contributed by atoms with van der Waals surface area (Å²) in [5, 5.41) is 2.93. The number of halogens is 4. The first kappa shape index (κ1) is 16.3. The van der Waals surface area contributed by atoms with E-state index in [1.54, 1.807) is 0 Å². The minimum Gasteiger partial charge on any atom is -0.382 e. The average Bonchev–Trinajstić information content (AvgIpc) is 2.34. The highest BCUT2D eigenvalue weighted by molar-refractivity contribution is 9.10. The summed E-state index contributed by atoms with van der Waals surface area (Å²) in [5.74, 6) is 0. The third-order valence-electron chi connectivity index (χ3n) is 2.50. The Morgan fingerprint density at radius 2 is 2.00 bits per heavy atom. The lowest BCUT2D eigenvalue weighted by molar-refractivity contribution is -0.137. The molecule has 6 heteroatoms. The molecule has 0 heterocycles. The van der Waals surface area contributed by atoms with E-state index in [4.69, 9.17) is 4.74 Å². The summed E-state index contributed by atoms with van der Waals surface area (Å²) in [4.78, 5) is 0. The van der Waals surface area contributed by atoms with Crippen LogP contribution in [0.25, 0.3) is 0 Å². The molecule has 1 aromatic carbocycles. The van der Waals surface area contributed by atoms with Crippen LogP contribution in [0, 0.1) is 0 Å². The van der Waals surface area contributed by atoms with Gasteiger partial charge >= 0.3 is 6.18 Å². The SMILES string of the molecule is CCCCOCCNc1cc(C(F)(F)F)ccc1Br. The standard InChI is InChI=1S/C13H17BrF3NO/c1-2-3-7-19-8-6-18-12-9-10(13(15,16)17)4-5-11(12)14/h4-5,9,18H,2-3,6-8H2,1H3. The van der Waals surface area contributed by atoms with E-state index >= 15 is 0 Å². The Morgan fingerprint density at radius 3 is 2.63 bits per heavy atom. The number of hydrogen-bond acceptors (Lipinski definition) is 2. The van der Waals surface area contributed by atoms with E-state index in [2.05, 4.69) is 28.2 Å². The van der Waals surface area contributed by atoms with Crippen molar-refractivity contribution in [2.75, 3.05) is 25.1 Å². The van der Waals surface area contributed by atoms with Crippen LogP contribution in [0.3, 0.4) is 0 Å². The molecule has 2 nitrogen and oxygen atoms in total. The second-order valence-corrected chi connectivity index (χ2v) is 4.94. The van der Waals surface area contributed by atoms with Crippen molar-refractivity contribution in [1.29, 1.82) is 0 Å². The summed E-state index contributed by atoms with van der Waals surface area (Å²) >= 11 is 3.22. The monoisotopic (exact) mass is 339 g/mol. The Labute approximate surface area is 119 Å². The molecule has 1 aromatic rings. The highest BCUT2D eigenvalue weighted by Crippen LogP contribution is 2.33. The van der Waals surface area contributed by atoms with Crippen molar-refractivity contribution in [3.8, 4) is 0 Å². The van der Waals surface area contributed by atoms with Gasteiger partial charge in [-0.05, 0) is 40.5 Å². The van der Waals surface area contributed by atoms with Crippen molar-refractivity contribution in [3.05, 3.63) is 28.2 Å².